The Labute approximate surface area is 119 Å². The Morgan fingerprint density at radius 3 is 2.68 bits per heavy atom. The standard InChI is InChI=1S/C16H20N2S/c1-3-17-16-10-6-9-15(18-16)12-19-11-14-8-5-4-7-13(14)2/h4-10H,3,11-12H2,1-2H3,(H,17,18). The van der Waals surface area contributed by atoms with Gasteiger partial charge in [0.25, 0.3) is 0 Å². The van der Waals surface area contributed by atoms with Crippen LogP contribution in [0.5, 0.6) is 0 Å². The molecule has 2 aromatic rings. The van der Waals surface area contributed by atoms with E-state index in [0.29, 0.717) is 0 Å². The van der Waals surface area contributed by atoms with Gasteiger partial charge in [-0.15, -0.1) is 0 Å². The van der Waals surface area contributed by atoms with E-state index in [1.54, 1.807) is 0 Å². The third kappa shape index (κ3) is 4.28. The fraction of sp³-hybridized carbons (Fsp3) is 0.312. The molecule has 0 saturated carbocycles. The number of rotatable bonds is 6. The molecule has 0 spiro atoms. The van der Waals surface area contributed by atoms with Gasteiger partial charge in [0.05, 0.1) is 5.69 Å². The van der Waals surface area contributed by atoms with Crippen LogP contribution in [-0.4, -0.2) is 11.5 Å². The number of hydrogen-bond donors (Lipinski definition) is 1. The predicted molar refractivity (Wildman–Crippen MR) is 84.6 cm³/mol. The van der Waals surface area contributed by atoms with Crippen LogP contribution in [0, 0.1) is 6.92 Å². The monoisotopic (exact) mass is 272 g/mol. The van der Waals surface area contributed by atoms with Crippen LogP contribution in [0.2, 0.25) is 0 Å². The molecule has 2 rings (SSSR count). The molecule has 1 aromatic heterocycles. The molecule has 0 aliphatic rings. The number of pyridine rings is 1. The molecule has 0 atom stereocenters. The second kappa shape index (κ2) is 7.19. The lowest BCUT2D eigenvalue weighted by Gasteiger charge is -2.07. The average molecular weight is 272 g/mol. The van der Waals surface area contributed by atoms with Crippen molar-refractivity contribution in [2.24, 2.45) is 0 Å². The minimum Gasteiger partial charge on any atom is -0.370 e. The highest BCUT2D eigenvalue weighted by atomic mass is 32.2. The van der Waals surface area contributed by atoms with E-state index in [0.717, 1.165) is 29.6 Å². The zero-order chi connectivity index (χ0) is 13.5. The lowest BCUT2D eigenvalue weighted by atomic mass is 10.1. The Kier molecular flexibility index (Phi) is 5.28. The molecule has 100 valence electrons. The minimum absolute atomic E-state index is 0.910. The smallest absolute Gasteiger partial charge is 0.126 e. The number of benzene rings is 1. The van der Waals surface area contributed by atoms with Crippen molar-refractivity contribution < 1.29 is 0 Å². The number of hydrogen-bond acceptors (Lipinski definition) is 3. The van der Waals surface area contributed by atoms with E-state index in [2.05, 4.69) is 60.5 Å². The zero-order valence-electron chi connectivity index (χ0n) is 11.5. The van der Waals surface area contributed by atoms with Crippen molar-refractivity contribution in [3.63, 3.8) is 0 Å². The first kappa shape index (κ1) is 13.9. The summed E-state index contributed by atoms with van der Waals surface area (Å²) in [5, 5.41) is 3.24. The third-order valence-electron chi connectivity index (χ3n) is 2.93. The summed E-state index contributed by atoms with van der Waals surface area (Å²) in [5.41, 5.74) is 3.91. The third-order valence-corrected chi connectivity index (χ3v) is 3.95. The fourth-order valence-corrected chi connectivity index (χ4v) is 2.89. The summed E-state index contributed by atoms with van der Waals surface area (Å²) in [6.07, 6.45) is 0. The average Bonchev–Trinajstić information content (AvgIpc) is 2.42. The molecular weight excluding hydrogens is 252 g/mol. The van der Waals surface area contributed by atoms with E-state index in [-0.39, 0.29) is 0 Å². The fourth-order valence-electron chi connectivity index (χ4n) is 1.88. The highest BCUT2D eigenvalue weighted by Crippen LogP contribution is 2.19. The summed E-state index contributed by atoms with van der Waals surface area (Å²) in [6, 6.07) is 14.7. The molecule has 0 amide bonds. The molecule has 0 aliphatic heterocycles. The topological polar surface area (TPSA) is 24.9 Å². The maximum absolute atomic E-state index is 4.58. The van der Waals surface area contributed by atoms with Gasteiger partial charge in [0.1, 0.15) is 5.82 Å². The van der Waals surface area contributed by atoms with Gasteiger partial charge in [0.2, 0.25) is 0 Å². The highest BCUT2D eigenvalue weighted by Gasteiger charge is 2.00. The van der Waals surface area contributed by atoms with Crippen molar-refractivity contribution in [3.05, 3.63) is 59.3 Å². The van der Waals surface area contributed by atoms with Crippen LogP contribution in [0.1, 0.15) is 23.7 Å². The van der Waals surface area contributed by atoms with Gasteiger partial charge >= 0.3 is 0 Å². The molecular formula is C16H20N2S. The Morgan fingerprint density at radius 2 is 1.89 bits per heavy atom. The molecule has 0 fully saturated rings. The lowest BCUT2D eigenvalue weighted by Crippen LogP contribution is -2.00. The van der Waals surface area contributed by atoms with Gasteiger partial charge in [-0.25, -0.2) is 4.98 Å². The SMILES string of the molecule is CCNc1cccc(CSCc2ccccc2C)n1. The van der Waals surface area contributed by atoms with Gasteiger partial charge in [-0.05, 0) is 37.1 Å². The maximum Gasteiger partial charge on any atom is 0.126 e. The maximum atomic E-state index is 4.58. The van der Waals surface area contributed by atoms with Crippen LogP contribution in [0.4, 0.5) is 5.82 Å². The van der Waals surface area contributed by atoms with Crippen molar-refractivity contribution >= 4 is 17.6 Å². The molecule has 1 aromatic carbocycles. The van der Waals surface area contributed by atoms with Crippen molar-refractivity contribution in [3.8, 4) is 0 Å². The van der Waals surface area contributed by atoms with E-state index >= 15 is 0 Å². The number of nitrogens with zero attached hydrogens (tertiary/aromatic N) is 1. The Hall–Kier alpha value is -1.48. The summed E-state index contributed by atoms with van der Waals surface area (Å²) in [5.74, 6) is 2.96. The van der Waals surface area contributed by atoms with E-state index < -0.39 is 0 Å². The van der Waals surface area contributed by atoms with Gasteiger partial charge in [0, 0.05) is 18.1 Å². The molecule has 0 saturated heterocycles. The van der Waals surface area contributed by atoms with Gasteiger partial charge in [0.15, 0.2) is 0 Å². The number of thioether (sulfide) groups is 1. The molecule has 1 N–H and O–H groups in total. The summed E-state index contributed by atoms with van der Waals surface area (Å²) in [6.45, 7) is 5.16. The molecule has 2 nitrogen and oxygen atoms in total. The minimum atomic E-state index is 0.910. The van der Waals surface area contributed by atoms with Gasteiger partial charge < -0.3 is 5.32 Å². The van der Waals surface area contributed by atoms with Crippen molar-refractivity contribution in [1.82, 2.24) is 4.98 Å². The van der Waals surface area contributed by atoms with Gasteiger partial charge in [-0.1, -0.05) is 30.3 Å². The van der Waals surface area contributed by atoms with Gasteiger partial charge in [-0.2, -0.15) is 11.8 Å². The summed E-state index contributed by atoms with van der Waals surface area (Å²) < 4.78 is 0. The first-order valence-electron chi connectivity index (χ1n) is 6.61. The second-order valence-corrected chi connectivity index (χ2v) is 5.45. The number of aryl methyl sites for hydroxylation is 1. The van der Waals surface area contributed by atoms with Crippen LogP contribution >= 0.6 is 11.8 Å². The summed E-state index contributed by atoms with van der Waals surface area (Å²) in [7, 11) is 0. The van der Waals surface area contributed by atoms with Crippen LogP contribution in [-0.2, 0) is 11.5 Å². The van der Waals surface area contributed by atoms with Gasteiger partial charge in [-0.3, -0.25) is 0 Å². The van der Waals surface area contributed by atoms with E-state index in [4.69, 9.17) is 0 Å². The quantitative estimate of drug-likeness (QED) is 0.850. The Bertz CT molecular complexity index is 526. The van der Waals surface area contributed by atoms with E-state index in [1.807, 2.05) is 17.8 Å². The largest absolute Gasteiger partial charge is 0.370 e. The number of nitrogens with one attached hydrogen (secondary N) is 1. The molecule has 0 radical (unpaired) electrons. The molecule has 3 heteroatoms. The molecule has 0 bridgehead atoms. The van der Waals surface area contributed by atoms with Crippen LogP contribution in [0.25, 0.3) is 0 Å². The highest BCUT2D eigenvalue weighted by molar-refractivity contribution is 7.97. The number of aromatic nitrogens is 1. The first-order valence-corrected chi connectivity index (χ1v) is 7.77. The summed E-state index contributed by atoms with van der Waals surface area (Å²) >= 11 is 1.91. The van der Waals surface area contributed by atoms with Crippen LogP contribution in [0.15, 0.2) is 42.5 Å². The molecule has 19 heavy (non-hydrogen) atoms. The predicted octanol–water partition coefficient (Wildman–Crippen LogP) is 4.26. The van der Waals surface area contributed by atoms with E-state index in [1.165, 1.54) is 11.1 Å². The Balaban J connectivity index is 1.89. The molecule has 0 aliphatic carbocycles. The zero-order valence-corrected chi connectivity index (χ0v) is 12.3. The second-order valence-electron chi connectivity index (χ2n) is 4.46. The Morgan fingerprint density at radius 1 is 1.05 bits per heavy atom. The van der Waals surface area contributed by atoms with Crippen molar-refractivity contribution in [2.75, 3.05) is 11.9 Å². The van der Waals surface area contributed by atoms with E-state index in [9.17, 15) is 0 Å². The van der Waals surface area contributed by atoms with Crippen molar-refractivity contribution in [2.45, 2.75) is 25.4 Å². The normalized spacial score (nSPS) is 10.4. The molecule has 0 unspecified atom stereocenters. The van der Waals surface area contributed by atoms with Crippen LogP contribution in [0.3, 0.4) is 0 Å². The molecule has 1 heterocycles. The van der Waals surface area contributed by atoms with Crippen molar-refractivity contribution in [1.29, 1.82) is 0 Å². The first-order chi connectivity index (χ1) is 9.29. The summed E-state index contributed by atoms with van der Waals surface area (Å²) in [4.78, 5) is 4.58. The lowest BCUT2D eigenvalue weighted by molar-refractivity contribution is 1.11. The van der Waals surface area contributed by atoms with Crippen LogP contribution < -0.4 is 5.32 Å². The number of anilines is 1.